The second-order valence-electron chi connectivity index (χ2n) is 5.83. The summed E-state index contributed by atoms with van der Waals surface area (Å²) in [5.74, 6) is 0.727. The highest BCUT2D eigenvalue weighted by molar-refractivity contribution is 5.31. The van der Waals surface area contributed by atoms with Gasteiger partial charge in [-0.05, 0) is 41.5 Å². The second-order valence-corrected chi connectivity index (χ2v) is 5.83. The summed E-state index contributed by atoms with van der Waals surface area (Å²) in [5.41, 5.74) is 5.19. The van der Waals surface area contributed by atoms with Crippen LogP contribution in [0, 0.1) is 6.92 Å². The van der Waals surface area contributed by atoms with Gasteiger partial charge in [0.15, 0.2) is 0 Å². The fourth-order valence-electron chi connectivity index (χ4n) is 2.55. The van der Waals surface area contributed by atoms with Crippen molar-refractivity contribution in [2.45, 2.75) is 39.0 Å². The predicted molar refractivity (Wildman–Crippen MR) is 85.2 cm³/mol. The molecule has 1 atom stereocenters. The first kappa shape index (κ1) is 14.8. The van der Waals surface area contributed by atoms with Gasteiger partial charge in [-0.15, -0.1) is 0 Å². The predicted octanol–water partition coefficient (Wildman–Crippen LogP) is 4.44. The number of benzene rings is 2. The third kappa shape index (κ3) is 3.49. The molecule has 0 saturated carbocycles. The zero-order chi connectivity index (χ0) is 14.5. The third-order valence-corrected chi connectivity index (χ3v) is 4.02. The summed E-state index contributed by atoms with van der Waals surface area (Å²) in [6.07, 6.45) is 0.893. The minimum Gasteiger partial charge on any atom is -0.396 e. The standard InChI is InChI=1S/C19H24O/c1-14(2)16-8-10-17(11-9-16)19(13-20)12-18-7-5-4-6-15(18)3/h4-11,14,19-20H,12-13H2,1-3H3. The maximum Gasteiger partial charge on any atom is 0.0502 e. The number of aryl methyl sites for hydroxylation is 1. The van der Waals surface area contributed by atoms with Gasteiger partial charge in [0, 0.05) is 5.92 Å². The first-order valence-electron chi connectivity index (χ1n) is 7.37. The molecule has 0 heterocycles. The highest BCUT2D eigenvalue weighted by Crippen LogP contribution is 2.24. The zero-order valence-electron chi connectivity index (χ0n) is 12.6. The molecule has 0 saturated heterocycles. The summed E-state index contributed by atoms with van der Waals surface area (Å²) in [6, 6.07) is 17.1. The molecular formula is C19H24O. The molecule has 0 fully saturated rings. The minimum atomic E-state index is 0.178. The molecule has 2 aromatic rings. The van der Waals surface area contributed by atoms with Crippen molar-refractivity contribution in [1.82, 2.24) is 0 Å². The Hall–Kier alpha value is -1.60. The Morgan fingerprint density at radius 1 is 0.900 bits per heavy atom. The van der Waals surface area contributed by atoms with Crippen LogP contribution in [0.1, 0.15) is 47.9 Å². The Kier molecular flexibility index (Phi) is 4.97. The fourth-order valence-corrected chi connectivity index (χ4v) is 2.55. The van der Waals surface area contributed by atoms with E-state index in [1.165, 1.54) is 22.3 Å². The van der Waals surface area contributed by atoms with Gasteiger partial charge in [0.05, 0.1) is 6.61 Å². The molecule has 0 aliphatic heterocycles. The van der Waals surface area contributed by atoms with E-state index in [4.69, 9.17) is 0 Å². The quantitative estimate of drug-likeness (QED) is 0.850. The first-order chi connectivity index (χ1) is 9.61. The monoisotopic (exact) mass is 268 g/mol. The molecule has 2 rings (SSSR count). The lowest BCUT2D eigenvalue weighted by Gasteiger charge is -2.17. The van der Waals surface area contributed by atoms with E-state index in [0.717, 1.165) is 6.42 Å². The molecule has 1 unspecified atom stereocenters. The van der Waals surface area contributed by atoms with Gasteiger partial charge in [0.2, 0.25) is 0 Å². The summed E-state index contributed by atoms with van der Waals surface area (Å²) in [5, 5.41) is 9.71. The van der Waals surface area contributed by atoms with Crippen LogP contribution < -0.4 is 0 Å². The molecule has 0 aliphatic carbocycles. The van der Waals surface area contributed by atoms with Crippen LogP contribution in [0.15, 0.2) is 48.5 Å². The number of aliphatic hydroxyl groups excluding tert-OH is 1. The number of hydrogen-bond donors (Lipinski definition) is 1. The van der Waals surface area contributed by atoms with Crippen molar-refractivity contribution in [2.24, 2.45) is 0 Å². The Bertz CT molecular complexity index is 540. The van der Waals surface area contributed by atoms with E-state index in [-0.39, 0.29) is 12.5 Å². The van der Waals surface area contributed by atoms with Crippen LogP contribution in [0.3, 0.4) is 0 Å². The van der Waals surface area contributed by atoms with Crippen LogP contribution in [-0.2, 0) is 6.42 Å². The van der Waals surface area contributed by atoms with Crippen LogP contribution in [0.5, 0.6) is 0 Å². The van der Waals surface area contributed by atoms with Crippen molar-refractivity contribution < 1.29 is 5.11 Å². The van der Waals surface area contributed by atoms with E-state index < -0.39 is 0 Å². The highest BCUT2D eigenvalue weighted by Gasteiger charge is 2.13. The van der Waals surface area contributed by atoms with Crippen molar-refractivity contribution in [3.8, 4) is 0 Å². The van der Waals surface area contributed by atoms with Crippen LogP contribution in [0.4, 0.5) is 0 Å². The SMILES string of the molecule is Cc1ccccc1CC(CO)c1ccc(C(C)C)cc1. The molecule has 1 heteroatoms. The lowest BCUT2D eigenvalue weighted by molar-refractivity contribution is 0.264. The van der Waals surface area contributed by atoms with Crippen LogP contribution in [0.25, 0.3) is 0 Å². The van der Waals surface area contributed by atoms with Gasteiger partial charge in [-0.1, -0.05) is 62.4 Å². The van der Waals surface area contributed by atoms with Gasteiger partial charge in [-0.3, -0.25) is 0 Å². The summed E-state index contributed by atoms with van der Waals surface area (Å²) in [6.45, 7) is 6.72. The maximum atomic E-state index is 9.71. The molecule has 0 radical (unpaired) electrons. The molecule has 0 amide bonds. The molecule has 0 aliphatic rings. The first-order valence-corrected chi connectivity index (χ1v) is 7.37. The number of rotatable bonds is 5. The normalized spacial score (nSPS) is 12.7. The van der Waals surface area contributed by atoms with E-state index in [1.54, 1.807) is 0 Å². The molecule has 0 aromatic heterocycles. The van der Waals surface area contributed by atoms with Gasteiger partial charge in [-0.25, -0.2) is 0 Å². The van der Waals surface area contributed by atoms with Crippen molar-refractivity contribution >= 4 is 0 Å². The molecule has 1 N–H and O–H groups in total. The van der Waals surface area contributed by atoms with E-state index in [9.17, 15) is 5.11 Å². The van der Waals surface area contributed by atoms with Crippen LogP contribution in [0.2, 0.25) is 0 Å². The van der Waals surface area contributed by atoms with Crippen LogP contribution >= 0.6 is 0 Å². The number of hydrogen-bond acceptors (Lipinski definition) is 1. The molecule has 0 bridgehead atoms. The van der Waals surface area contributed by atoms with Crippen molar-refractivity contribution in [3.63, 3.8) is 0 Å². The molecule has 106 valence electrons. The van der Waals surface area contributed by atoms with Crippen molar-refractivity contribution in [3.05, 3.63) is 70.8 Å². The van der Waals surface area contributed by atoms with E-state index in [1.807, 2.05) is 0 Å². The lowest BCUT2D eigenvalue weighted by atomic mass is 9.89. The average molecular weight is 268 g/mol. The number of aliphatic hydroxyl groups is 1. The molecule has 0 spiro atoms. The Balaban J connectivity index is 2.18. The molecular weight excluding hydrogens is 244 g/mol. The topological polar surface area (TPSA) is 20.2 Å². The van der Waals surface area contributed by atoms with Gasteiger partial charge in [0.1, 0.15) is 0 Å². The van der Waals surface area contributed by atoms with Gasteiger partial charge in [-0.2, -0.15) is 0 Å². The van der Waals surface area contributed by atoms with Gasteiger partial charge < -0.3 is 5.11 Å². The molecule has 2 aromatic carbocycles. The van der Waals surface area contributed by atoms with Crippen LogP contribution in [-0.4, -0.2) is 11.7 Å². The summed E-state index contributed by atoms with van der Waals surface area (Å²) in [4.78, 5) is 0. The maximum absolute atomic E-state index is 9.71. The zero-order valence-corrected chi connectivity index (χ0v) is 12.6. The molecule has 20 heavy (non-hydrogen) atoms. The van der Waals surface area contributed by atoms with Gasteiger partial charge in [0.25, 0.3) is 0 Å². The van der Waals surface area contributed by atoms with Gasteiger partial charge >= 0.3 is 0 Å². The average Bonchev–Trinajstić information content (AvgIpc) is 2.46. The Labute approximate surface area is 122 Å². The second kappa shape index (κ2) is 6.71. The smallest absolute Gasteiger partial charge is 0.0502 e. The fraction of sp³-hybridized carbons (Fsp3) is 0.368. The third-order valence-electron chi connectivity index (χ3n) is 4.02. The summed E-state index contributed by atoms with van der Waals surface area (Å²) >= 11 is 0. The highest BCUT2D eigenvalue weighted by atomic mass is 16.3. The van der Waals surface area contributed by atoms with E-state index in [0.29, 0.717) is 5.92 Å². The summed E-state index contributed by atoms with van der Waals surface area (Å²) in [7, 11) is 0. The van der Waals surface area contributed by atoms with E-state index in [2.05, 4.69) is 69.3 Å². The Morgan fingerprint density at radius 2 is 1.50 bits per heavy atom. The Morgan fingerprint density at radius 3 is 2.05 bits per heavy atom. The largest absolute Gasteiger partial charge is 0.396 e. The van der Waals surface area contributed by atoms with Crippen molar-refractivity contribution in [1.29, 1.82) is 0 Å². The van der Waals surface area contributed by atoms with E-state index >= 15 is 0 Å². The van der Waals surface area contributed by atoms with Crippen molar-refractivity contribution in [2.75, 3.05) is 6.61 Å². The summed E-state index contributed by atoms with van der Waals surface area (Å²) < 4.78 is 0. The lowest BCUT2D eigenvalue weighted by Crippen LogP contribution is -2.09. The minimum absolute atomic E-state index is 0.178. The molecule has 1 nitrogen and oxygen atoms in total.